The van der Waals surface area contributed by atoms with Crippen LogP contribution in [0.5, 0.6) is 23.0 Å². The third-order valence-electron chi connectivity index (χ3n) is 5.23. The van der Waals surface area contributed by atoms with Crippen LogP contribution in [0.1, 0.15) is 15.9 Å². The second-order valence-electron chi connectivity index (χ2n) is 6.98. The Morgan fingerprint density at radius 3 is 2.16 bits per heavy atom. The number of rotatable bonds is 6. The van der Waals surface area contributed by atoms with Crippen molar-refractivity contribution in [3.8, 4) is 23.0 Å². The van der Waals surface area contributed by atoms with Crippen LogP contribution >= 0.6 is 0 Å². The first kappa shape index (κ1) is 20.4. The Morgan fingerprint density at radius 2 is 1.52 bits per heavy atom. The second kappa shape index (κ2) is 8.47. The minimum Gasteiger partial charge on any atom is -0.497 e. The fraction of sp³-hybridized carbons (Fsp3) is 0.208. The van der Waals surface area contributed by atoms with E-state index in [-0.39, 0.29) is 5.91 Å². The quantitative estimate of drug-likeness (QED) is 0.627. The molecule has 1 aliphatic heterocycles. The predicted molar refractivity (Wildman–Crippen MR) is 119 cm³/mol. The average Bonchev–Trinajstić information content (AvgIpc) is 2.92. The van der Waals surface area contributed by atoms with E-state index in [1.807, 2.05) is 54.6 Å². The van der Waals surface area contributed by atoms with Crippen molar-refractivity contribution in [2.45, 2.75) is 6.54 Å². The fourth-order valence-corrected chi connectivity index (χ4v) is 3.71. The highest BCUT2D eigenvalue weighted by molar-refractivity contribution is 6.13. The van der Waals surface area contributed by atoms with Crippen molar-refractivity contribution in [3.63, 3.8) is 0 Å². The van der Waals surface area contributed by atoms with Crippen molar-refractivity contribution in [3.05, 3.63) is 65.7 Å². The molecule has 4 rings (SSSR count). The Kier molecular flexibility index (Phi) is 5.58. The number of ether oxygens (including phenoxy) is 4. The van der Waals surface area contributed by atoms with Crippen molar-refractivity contribution >= 4 is 23.0 Å². The smallest absolute Gasteiger partial charge is 0.260 e. The summed E-state index contributed by atoms with van der Waals surface area (Å²) in [6.07, 6.45) is 0. The fourth-order valence-electron chi connectivity index (χ4n) is 3.71. The molecule has 31 heavy (non-hydrogen) atoms. The lowest BCUT2D eigenvalue weighted by atomic mass is 10.1. The molecule has 0 spiro atoms. The van der Waals surface area contributed by atoms with Crippen LogP contribution in [-0.4, -0.2) is 34.3 Å². The molecule has 0 aromatic heterocycles. The topological polar surface area (TPSA) is 69.3 Å². The normalized spacial score (nSPS) is 12.3. The molecule has 0 saturated heterocycles. The van der Waals surface area contributed by atoms with Gasteiger partial charge in [0, 0.05) is 6.07 Å². The molecule has 7 nitrogen and oxygen atoms in total. The minimum absolute atomic E-state index is 0.121. The van der Waals surface area contributed by atoms with E-state index in [2.05, 4.69) is 5.32 Å². The molecule has 0 atom stereocenters. The molecule has 0 fully saturated rings. The molecule has 1 amide bonds. The number of benzene rings is 3. The monoisotopic (exact) mass is 420 g/mol. The summed E-state index contributed by atoms with van der Waals surface area (Å²) in [6.45, 7) is 0.297. The summed E-state index contributed by atoms with van der Waals surface area (Å²) in [4.78, 5) is 15.3. The van der Waals surface area contributed by atoms with Gasteiger partial charge in [0.05, 0.1) is 57.6 Å². The molecule has 0 bridgehead atoms. The number of fused-ring (bicyclic) bond motifs is 2. The van der Waals surface area contributed by atoms with Gasteiger partial charge in [-0.25, -0.2) is 0 Å². The van der Waals surface area contributed by atoms with Gasteiger partial charge in [0.1, 0.15) is 5.75 Å². The number of carbonyl (C=O) groups excluding carboxylic acids is 1. The lowest BCUT2D eigenvalue weighted by molar-refractivity contribution is 0.0986. The van der Waals surface area contributed by atoms with Crippen LogP contribution in [-0.2, 0) is 6.54 Å². The molecule has 0 saturated carbocycles. The van der Waals surface area contributed by atoms with Gasteiger partial charge < -0.3 is 29.2 Å². The van der Waals surface area contributed by atoms with E-state index in [0.29, 0.717) is 40.8 Å². The Hall–Kier alpha value is -3.87. The van der Waals surface area contributed by atoms with Crippen molar-refractivity contribution in [1.82, 2.24) is 0 Å². The molecule has 1 aliphatic rings. The van der Waals surface area contributed by atoms with Crippen LogP contribution in [0.25, 0.3) is 0 Å². The van der Waals surface area contributed by atoms with E-state index < -0.39 is 0 Å². The molecule has 0 radical (unpaired) electrons. The number of amides is 1. The van der Waals surface area contributed by atoms with Gasteiger partial charge in [-0.15, -0.1) is 0 Å². The molecule has 3 aromatic rings. The zero-order valence-corrected chi connectivity index (χ0v) is 17.9. The highest BCUT2D eigenvalue weighted by Crippen LogP contribution is 2.41. The van der Waals surface area contributed by atoms with Gasteiger partial charge in [0.15, 0.2) is 11.5 Å². The Balaban J connectivity index is 1.84. The number of hydrogen-bond donors (Lipinski definition) is 1. The molecule has 0 unspecified atom stereocenters. The summed E-state index contributed by atoms with van der Waals surface area (Å²) in [5, 5.41) is 3.38. The van der Waals surface area contributed by atoms with Crippen molar-refractivity contribution < 1.29 is 23.7 Å². The SMILES string of the molecule is COc1ccc2c(c1)N(Cc1cc(OC)c(OC)c(OC)c1)C(=O)c1ccccc1N2. The molecular formula is C24H24N2O5. The minimum atomic E-state index is -0.121. The molecular weight excluding hydrogens is 396 g/mol. The lowest BCUT2D eigenvalue weighted by Crippen LogP contribution is -2.29. The number of carbonyl (C=O) groups is 1. The zero-order valence-electron chi connectivity index (χ0n) is 17.9. The Morgan fingerprint density at radius 1 is 0.806 bits per heavy atom. The van der Waals surface area contributed by atoms with Gasteiger partial charge in [0.25, 0.3) is 5.91 Å². The van der Waals surface area contributed by atoms with E-state index in [1.165, 1.54) is 0 Å². The van der Waals surface area contributed by atoms with Gasteiger partial charge in [-0.05, 0) is 42.0 Å². The maximum atomic E-state index is 13.6. The first-order chi connectivity index (χ1) is 15.1. The van der Waals surface area contributed by atoms with Gasteiger partial charge >= 0.3 is 0 Å². The van der Waals surface area contributed by atoms with E-state index >= 15 is 0 Å². The predicted octanol–water partition coefficient (Wildman–Crippen LogP) is 4.63. The number of anilines is 3. The maximum absolute atomic E-state index is 13.6. The summed E-state index contributed by atoms with van der Waals surface area (Å²) < 4.78 is 21.8. The highest BCUT2D eigenvalue weighted by atomic mass is 16.5. The summed E-state index contributed by atoms with van der Waals surface area (Å²) in [6, 6.07) is 16.8. The number of para-hydroxylation sites is 1. The summed E-state index contributed by atoms with van der Waals surface area (Å²) >= 11 is 0. The van der Waals surface area contributed by atoms with E-state index in [1.54, 1.807) is 33.3 Å². The molecule has 1 N–H and O–H groups in total. The third-order valence-corrected chi connectivity index (χ3v) is 5.23. The van der Waals surface area contributed by atoms with Crippen molar-refractivity contribution in [1.29, 1.82) is 0 Å². The summed E-state index contributed by atoms with van der Waals surface area (Å²) in [5.74, 6) is 2.11. The zero-order chi connectivity index (χ0) is 22.0. The molecule has 7 heteroatoms. The van der Waals surface area contributed by atoms with Gasteiger partial charge in [-0.2, -0.15) is 0 Å². The molecule has 160 valence electrons. The van der Waals surface area contributed by atoms with Gasteiger partial charge in [0.2, 0.25) is 5.75 Å². The molecule has 3 aromatic carbocycles. The third kappa shape index (κ3) is 3.70. The van der Waals surface area contributed by atoms with Gasteiger partial charge in [-0.1, -0.05) is 12.1 Å². The summed E-state index contributed by atoms with van der Waals surface area (Å²) in [7, 11) is 6.30. The second-order valence-corrected chi connectivity index (χ2v) is 6.98. The lowest BCUT2D eigenvalue weighted by Gasteiger charge is -2.24. The van der Waals surface area contributed by atoms with Gasteiger partial charge in [-0.3, -0.25) is 4.79 Å². The standard InChI is InChI=1S/C24H24N2O5/c1-28-16-9-10-19-20(13-16)26(24(27)17-7-5-6-8-18(17)25-19)14-15-11-21(29-2)23(31-4)22(12-15)30-3/h5-13,25H,14H2,1-4H3. The number of hydrogen-bond acceptors (Lipinski definition) is 6. The van der Waals surface area contributed by atoms with E-state index in [0.717, 1.165) is 16.9 Å². The highest BCUT2D eigenvalue weighted by Gasteiger charge is 2.28. The van der Waals surface area contributed by atoms with E-state index in [4.69, 9.17) is 18.9 Å². The van der Waals surface area contributed by atoms with Crippen LogP contribution in [0, 0.1) is 0 Å². The van der Waals surface area contributed by atoms with Crippen molar-refractivity contribution in [2.75, 3.05) is 38.7 Å². The van der Waals surface area contributed by atoms with Crippen molar-refractivity contribution in [2.24, 2.45) is 0 Å². The largest absolute Gasteiger partial charge is 0.497 e. The Labute approximate surface area is 181 Å². The number of nitrogens with zero attached hydrogens (tertiary/aromatic N) is 1. The first-order valence-electron chi connectivity index (χ1n) is 9.74. The van der Waals surface area contributed by atoms with Crippen LogP contribution in [0.2, 0.25) is 0 Å². The molecule has 1 heterocycles. The summed E-state index contributed by atoms with van der Waals surface area (Å²) in [5.41, 5.74) is 3.70. The first-order valence-corrected chi connectivity index (χ1v) is 9.74. The van der Waals surface area contributed by atoms with Crippen LogP contribution < -0.4 is 29.2 Å². The number of nitrogens with one attached hydrogen (secondary N) is 1. The maximum Gasteiger partial charge on any atom is 0.260 e. The Bertz CT molecular complexity index is 1100. The molecule has 0 aliphatic carbocycles. The average molecular weight is 420 g/mol. The van der Waals surface area contributed by atoms with Crippen LogP contribution in [0.3, 0.4) is 0 Å². The number of methoxy groups -OCH3 is 4. The van der Waals surface area contributed by atoms with E-state index in [9.17, 15) is 4.79 Å². The van der Waals surface area contributed by atoms with Crippen LogP contribution in [0.15, 0.2) is 54.6 Å². The van der Waals surface area contributed by atoms with Crippen LogP contribution in [0.4, 0.5) is 17.1 Å².